The monoisotopic (exact) mass is 409 g/mol. The predicted octanol–water partition coefficient (Wildman–Crippen LogP) is 4.66. The van der Waals surface area contributed by atoms with Crippen LogP contribution in [0.15, 0.2) is 48.5 Å². The highest BCUT2D eigenvalue weighted by Crippen LogP contribution is 2.36. The molecule has 0 saturated heterocycles. The lowest BCUT2D eigenvalue weighted by Gasteiger charge is -2.06. The number of aromatic nitrogens is 1. The molecule has 0 atom stereocenters. The van der Waals surface area contributed by atoms with Gasteiger partial charge in [-0.1, -0.05) is 60.2 Å². The first-order chi connectivity index (χ1) is 13.9. The van der Waals surface area contributed by atoms with Gasteiger partial charge in [0.2, 0.25) is 5.91 Å². The number of carbonyl (C=O) groups excluding carboxylic acids is 2. The minimum Gasteiger partial charge on any atom is -0.484 e. The van der Waals surface area contributed by atoms with Crippen molar-refractivity contribution in [2.75, 3.05) is 17.2 Å². The molecule has 2 amide bonds. The average Bonchev–Trinajstić information content (AvgIpc) is 3.08. The Morgan fingerprint density at radius 1 is 1.03 bits per heavy atom. The van der Waals surface area contributed by atoms with Crippen molar-refractivity contribution in [2.24, 2.45) is 0 Å². The van der Waals surface area contributed by atoms with Crippen LogP contribution in [0, 0.1) is 6.92 Å². The summed E-state index contributed by atoms with van der Waals surface area (Å²) in [6, 6.07) is 15.5. The third-order valence-electron chi connectivity index (χ3n) is 4.19. The summed E-state index contributed by atoms with van der Waals surface area (Å²) < 4.78 is 5.53. The number of aryl methyl sites for hydroxylation is 2. The molecule has 0 spiro atoms. The topological polar surface area (TPSA) is 80.3 Å². The van der Waals surface area contributed by atoms with Crippen LogP contribution in [0.2, 0.25) is 0 Å². The number of carbonyl (C=O) groups is 2. The summed E-state index contributed by atoms with van der Waals surface area (Å²) in [6.07, 6.45) is 0.949. The fourth-order valence-corrected chi connectivity index (χ4v) is 3.60. The Morgan fingerprint density at radius 3 is 2.34 bits per heavy atom. The van der Waals surface area contributed by atoms with E-state index in [1.165, 1.54) is 23.8 Å². The van der Waals surface area contributed by atoms with E-state index in [1.54, 1.807) is 0 Å². The van der Waals surface area contributed by atoms with Crippen molar-refractivity contribution in [1.82, 2.24) is 4.98 Å². The van der Waals surface area contributed by atoms with Gasteiger partial charge in [0.15, 0.2) is 11.7 Å². The van der Waals surface area contributed by atoms with Gasteiger partial charge in [0, 0.05) is 12.5 Å². The average molecular weight is 410 g/mol. The standard InChI is InChI=1S/C22H23N3O3S/c1-4-16-7-11-18(12-8-16)28-13-19(27)24-22-25-20(21(29-22)23-15(3)26)17-9-5-14(2)6-10-17/h5-12H,4,13H2,1-3H3,(H,23,26)(H,24,25,27). The van der Waals surface area contributed by atoms with Gasteiger partial charge in [0.25, 0.3) is 5.91 Å². The Balaban J connectivity index is 1.69. The number of amides is 2. The van der Waals surface area contributed by atoms with Gasteiger partial charge in [0.1, 0.15) is 16.4 Å². The summed E-state index contributed by atoms with van der Waals surface area (Å²) in [5, 5.41) is 6.52. The van der Waals surface area contributed by atoms with Gasteiger partial charge in [0.05, 0.1) is 0 Å². The molecular formula is C22H23N3O3S. The van der Waals surface area contributed by atoms with E-state index in [1.807, 2.05) is 55.5 Å². The maximum Gasteiger partial charge on any atom is 0.264 e. The second kappa shape index (κ2) is 9.34. The lowest BCUT2D eigenvalue weighted by molar-refractivity contribution is -0.118. The molecule has 1 aromatic heterocycles. The second-order valence-electron chi connectivity index (χ2n) is 6.58. The van der Waals surface area contributed by atoms with Crippen LogP contribution in [0.1, 0.15) is 25.0 Å². The van der Waals surface area contributed by atoms with Crippen LogP contribution < -0.4 is 15.4 Å². The van der Waals surface area contributed by atoms with E-state index in [2.05, 4.69) is 22.5 Å². The Kier molecular flexibility index (Phi) is 6.61. The summed E-state index contributed by atoms with van der Waals surface area (Å²) in [4.78, 5) is 28.3. The Bertz CT molecular complexity index is 995. The molecular weight excluding hydrogens is 386 g/mol. The van der Waals surface area contributed by atoms with Crippen LogP contribution in [0.5, 0.6) is 5.75 Å². The van der Waals surface area contributed by atoms with E-state index >= 15 is 0 Å². The van der Waals surface area contributed by atoms with Gasteiger partial charge in [-0.15, -0.1) is 0 Å². The normalized spacial score (nSPS) is 10.4. The molecule has 0 saturated carbocycles. The zero-order valence-electron chi connectivity index (χ0n) is 16.6. The number of thiazole rings is 1. The maximum absolute atomic E-state index is 12.3. The van der Waals surface area contributed by atoms with Gasteiger partial charge in [-0.3, -0.25) is 14.9 Å². The summed E-state index contributed by atoms with van der Waals surface area (Å²) in [5.74, 6) is 0.123. The van der Waals surface area contributed by atoms with Crippen molar-refractivity contribution in [3.8, 4) is 17.0 Å². The number of hydrogen-bond donors (Lipinski definition) is 2. The molecule has 29 heavy (non-hydrogen) atoms. The van der Waals surface area contributed by atoms with Gasteiger partial charge < -0.3 is 10.1 Å². The van der Waals surface area contributed by atoms with E-state index in [0.29, 0.717) is 21.6 Å². The van der Waals surface area contributed by atoms with Gasteiger partial charge in [-0.25, -0.2) is 4.98 Å². The minimum absolute atomic E-state index is 0.125. The maximum atomic E-state index is 12.3. The molecule has 0 fully saturated rings. The molecule has 0 aliphatic heterocycles. The zero-order chi connectivity index (χ0) is 20.8. The number of nitrogens with zero attached hydrogens (tertiary/aromatic N) is 1. The fraction of sp³-hybridized carbons (Fsp3) is 0.227. The van der Waals surface area contributed by atoms with E-state index in [-0.39, 0.29) is 18.4 Å². The van der Waals surface area contributed by atoms with E-state index in [4.69, 9.17) is 4.74 Å². The van der Waals surface area contributed by atoms with Crippen molar-refractivity contribution in [3.63, 3.8) is 0 Å². The smallest absolute Gasteiger partial charge is 0.264 e. The summed E-state index contributed by atoms with van der Waals surface area (Å²) >= 11 is 1.21. The van der Waals surface area contributed by atoms with Crippen LogP contribution in [0.25, 0.3) is 11.3 Å². The number of benzene rings is 2. The SMILES string of the molecule is CCc1ccc(OCC(=O)Nc2nc(-c3ccc(C)cc3)c(NC(C)=O)s2)cc1. The number of hydrogen-bond acceptors (Lipinski definition) is 5. The van der Waals surface area contributed by atoms with Gasteiger partial charge in [-0.2, -0.15) is 0 Å². The molecule has 0 radical (unpaired) electrons. The minimum atomic E-state index is -0.317. The molecule has 2 aromatic carbocycles. The summed E-state index contributed by atoms with van der Waals surface area (Å²) in [7, 11) is 0. The Labute approximate surface area is 173 Å². The molecule has 0 unspecified atom stereocenters. The van der Waals surface area contributed by atoms with Crippen molar-refractivity contribution in [3.05, 3.63) is 59.7 Å². The number of anilines is 2. The molecule has 6 nitrogen and oxygen atoms in total. The largest absolute Gasteiger partial charge is 0.484 e. The van der Waals surface area contributed by atoms with Crippen LogP contribution in [0.4, 0.5) is 10.1 Å². The van der Waals surface area contributed by atoms with E-state index < -0.39 is 0 Å². The lowest BCUT2D eigenvalue weighted by atomic mass is 10.1. The van der Waals surface area contributed by atoms with Crippen LogP contribution in [-0.4, -0.2) is 23.4 Å². The predicted molar refractivity (Wildman–Crippen MR) is 117 cm³/mol. The second-order valence-corrected chi connectivity index (χ2v) is 7.58. The Hall–Kier alpha value is -3.19. The summed E-state index contributed by atoms with van der Waals surface area (Å²) in [6.45, 7) is 5.40. The molecule has 1 heterocycles. The molecule has 0 aliphatic carbocycles. The highest BCUT2D eigenvalue weighted by Gasteiger charge is 2.16. The van der Waals surface area contributed by atoms with E-state index in [0.717, 1.165) is 17.5 Å². The summed E-state index contributed by atoms with van der Waals surface area (Å²) in [5.41, 5.74) is 3.82. The number of ether oxygens (including phenoxy) is 1. The van der Waals surface area contributed by atoms with Crippen LogP contribution >= 0.6 is 11.3 Å². The van der Waals surface area contributed by atoms with Crippen LogP contribution in [0.3, 0.4) is 0 Å². The molecule has 3 aromatic rings. The number of rotatable bonds is 7. The molecule has 3 rings (SSSR count). The highest BCUT2D eigenvalue weighted by molar-refractivity contribution is 7.20. The first-order valence-electron chi connectivity index (χ1n) is 9.31. The zero-order valence-corrected chi connectivity index (χ0v) is 17.4. The quantitative estimate of drug-likeness (QED) is 0.595. The highest BCUT2D eigenvalue weighted by atomic mass is 32.1. The number of nitrogens with one attached hydrogen (secondary N) is 2. The molecule has 150 valence electrons. The first kappa shape index (κ1) is 20.5. The van der Waals surface area contributed by atoms with E-state index in [9.17, 15) is 9.59 Å². The van der Waals surface area contributed by atoms with Gasteiger partial charge in [-0.05, 0) is 31.0 Å². The van der Waals surface area contributed by atoms with Crippen molar-refractivity contribution < 1.29 is 14.3 Å². The molecule has 0 aliphatic rings. The third kappa shape index (κ3) is 5.65. The first-order valence-corrected chi connectivity index (χ1v) is 10.1. The molecule has 2 N–H and O–H groups in total. The van der Waals surface area contributed by atoms with Crippen molar-refractivity contribution in [2.45, 2.75) is 27.2 Å². The van der Waals surface area contributed by atoms with Crippen molar-refractivity contribution >= 4 is 33.3 Å². The molecule has 7 heteroatoms. The van der Waals surface area contributed by atoms with Crippen LogP contribution in [-0.2, 0) is 16.0 Å². The Morgan fingerprint density at radius 2 is 1.72 bits per heavy atom. The third-order valence-corrected chi connectivity index (χ3v) is 5.08. The molecule has 0 bridgehead atoms. The fourth-order valence-electron chi connectivity index (χ4n) is 2.65. The van der Waals surface area contributed by atoms with Gasteiger partial charge >= 0.3 is 0 Å². The lowest BCUT2D eigenvalue weighted by Crippen LogP contribution is -2.20. The van der Waals surface area contributed by atoms with Crippen molar-refractivity contribution in [1.29, 1.82) is 0 Å².